The van der Waals surface area contributed by atoms with Crippen LogP contribution in [0.2, 0.25) is 5.02 Å². The first-order chi connectivity index (χ1) is 12.6. The van der Waals surface area contributed by atoms with Crippen LogP contribution in [0, 0.1) is 0 Å². The molecule has 3 rings (SSSR count). The molecule has 5 heteroatoms. The zero-order valence-electron chi connectivity index (χ0n) is 14.4. The predicted molar refractivity (Wildman–Crippen MR) is 105 cm³/mol. The van der Waals surface area contributed by atoms with Crippen LogP contribution in [0.25, 0.3) is 6.08 Å². The summed E-state index contributed by atoms with van der Waals surface area (Å²) in [5.74, 6) is -0.291. The second kappa shape index (κ2) is 8.68. The normalized spacial score (nSPS) is 14.5. The van der Waals surface area contributed by atoms with Gasteiger partial charge in [0, 0.05) is 28.4 Å². The third-order valence-electron chi connectivity index (χ3n) is 4.40. The van der Waals surface area contributed by atoms with Gasteiger partial charge in [-0.15, -0.1) is 0 Å². The van der Waals surface area contributed by atoms with Crippen LogP contribution >= 0.6 is 11.6 Å². The molecule has 1 fully saturated rings. The summed E-state index contributed by atoms with van der Waals surface area (Å²) < 4.78 is 0. The van der Waals surface area contributed by atoms with E-state index in [9.17, 15) is 9.59 Å². The van der Waals surface area contributed by atoms with Gasteiger partial charge in [0.15, 0.2) is 0 Å². The highest BCUT2D eigenvalue weighted by atomic mass is 35.5. The van der Waals surface area contributed by atoms with Gasteiger partial charge in [-0.3, -0.25) is 9.59 Å². The Labute approximate surface area is 158 Å². The van der Waals surface area contributed by atoms with Crippen LogP contribution in [0.4, 0.5) is 5.69 Å². The van der Waals surface area contributed by atoms with Crippen molar-refractivity contribution in [1.29, 1.82) is 0 Å². The molecule has 0 bridgehead atoms. The number of nitrogens with one attached hydrogen (secondary N) is 2. The molecule has 0 spiro atoms. The Morgan fingerprint density at radius 1 is 0.962 bits per heavy atom. The molecule has 0 atom stereocenters. The number of carbonyl (C=O) groups is 2. The lowest BCUT2D eigenvalue weighted by atomic mass is 10.1. The average molecular weight is 369 g/mol. The first-order valence-corrected chi connectivity index (χ1v) is 9.13. The Morgan fingerprint density at radius 3 is 2.27 bits per heavy atom. The minimum absolute atomic E-state index is 0.0580. The van der Waals surface area contributed by atoms with Crippen molar-refractivity contribution in [2.24, 2.45) is 0 Å². The van der Waals surface area contributed by atoms with Crippen molar-refractivity contribution >= 4 is 35.2 Å². The topological polar surface area (TPSA) is 58.2 Å². The van der Waals surface area contributed by atoms with Crippen LogP contribution in [0.1, 0.15) is 41.6 Å². The van der Waals surface area contributed by atoms with E-state index in [0.717, 1.165) is 18.4 Å². The quantitative estimate of drug-likeness (QED) is 0.754. The maximum absolute atomic E-state index is 12.2. The number of rotatable bonds is 5. The third kappa shape index (κ3) is 5.20. The van der Waals surface area contributed by atoms with Gasteiger partial charge in [0.05, 0.1) is 0 Å². The Kier molecular flexibility index (Phi) is 6.08. The molecule has 0 aromatic heterocycles. The minimum Gasteiger partial charge on any atom is -0.349 e. The molecule has 1 aliphatic carbocycles. The highest BCUT2D eigenvalue weighted by molar-refractivity contribution is 6.30. The van der Waals surface area contributed by atoms with Gasteiger partial charge in [-0.1, -0.05) is 36.6 Å². The van der Waals surface area contributed by atoms with Gasteiger partial charge in [-0.25, -0.2) is 0 Å². The summed E-state index contributed by atoms with van der Waals surface area (Å²) in [4.78, 5) is 24.2. The van der Waals surface area contributed by atoms with Gasteiger partial charge >= 0.3 is 0 Å². The molecule has 26 heavy (non-hydrogen) atoms. The largest absolute Gasteiger partial charge is 0.349 e. The van der Waals surface area contributed by atoms with E-state index in [1.165, 1.54) is 18.9 Å². The molecule has 4 nitrogen and oxygen atoms in total. The summed E-state index contributed by atoms with van der Waals surface area (Å²) in [6, 6.07) is 14.4. The number of carbonyl (C=O) groups excluding carboxylic acids is 2. The van der Waals surface area contributed by atoms with Gasteiger partial charge in [0.25, 0.3) is 5.91 Å². The van der Waals surface area contributed by atoms with Gasteiger partial charge in [0.1, 0.15) is 0 Å². The zero-order valence-corrected chi connectivity index (χ0v) is 15.1. The van der Waals surface area contributed by atoms with Crippen LogP contribution in [0.15, 0.2) is 54.6 Å². The van der Waals surface area contributed by atoms with E-state index in [1.54, 1.807) is 42.5 Å². The predicted octanol–water partition coefficient (Wildman–Crippen LogP) is 4.66. The lowest BCUT2D eigenvalue weighted by Crippen LogP contribution is -2.32. The molecular formula is C21H21ClN2O2. The SMILES string of the molecule is O=C(/C=C/c1ccc(Cl)cc1)Nc1ccc(C(=O)NC2CCCC2)cc1. The van der Waals surface area contributed by atoms with E-state index in [-0.39, 0.29) is 11.8 Å². The fraction of sp³-hybridized carbons (Fsp3) is 0.238. The molecule has 134 valence electrons. The van der Waals surface area contributed by atoms with Crippen molar-refractivity contribution in [3.05, 3.63) is 70.8 Å². The van der Waals surface area contributed by atoms with E-state index in [0.29, 0.717) is 22.3 Å². The second-order valence-corrected chi connectivity index (χ2v) is 6.84. The monoisotopic (exact) mass is 368 g/mol. The molecule has 1 saturated carbocycles. The lowest BCUT2D eigenvalue weighted by Gasteiger charge is -2.12. The van der Waals surface area contributed by atoms with E-state index in [4.69, 9.17) is 11.6 Å². The summed E-state index contributed by atoms with van der Waals surface area (Å²) >= 11 is 5.83. The number of hydrogen-bond acceptors (Lipinski definition) is 2. The van der Waals surface area contributed by atoms with Crippen LogP contribution in [0.3, 0.4) is 0 Å². The molecule has 0 aliphatic heterocycles. The van der Waals surface area contributed by atoms with Gasteiger partial charge in [-0.2, -0.15) is 0 Å². The maximum atomic E-state index is 12.2. The Bertz CT molecular complexity index is 792. The summed E-state index contributed by atoms with van der Waals surface area (Å²) in [6.45, 7) is 0. The number of anilines is 1. The van der Waals surface area contributed by atoms with E-state index in [2.05, 4.69) is 10.6 Å². The first kappa shape index (κ1) is 18.2. The maximum Gasteiger partial charge on any atom is 0.251 e. The van der Waals surface area contributed by atoms with Gasteiger partial charge in [-0.05, 0) is 60.9 Å². The smallest absolute Gasteiger partial charge is 0.251 e. The Hall–Kier alpha value is -2.59. The molecule has 0 heterocycles. The van der Waals surface area contributed by atoms with Crippen molar-refractivity contribution in [3.8, 4) is 0 Å². The van der Waals surface area contributed by atoms with Crippen LogP contribution in [-0.4, -0.2) is 17.9 Å². The van der Waals surface area contributed by atoms with Crippen molar-refractivity contribution in [3.63, 3.8) is 0 Å². The summed E-state index contributed by atoms with van der Waals surface area (Å²) in [6.07, 6.45) is 7.65. The molecule has 2 aromatic carbocycles. The third-order valence-corrected chi connectivity index (χ3v) is 4.65. The molecule has 2 aromatic rings. The highest BCUT2D eigenvalue weighted by Crippen LogP contribution is 2.18. The van der Waals surface area contributed by atoms with Crippen molar-refractivity contribution in [1.82, 2.24) is 5.32 Å². The molecule has 1 aliphatic rings. The molecule has 2 N–H and O–H groups in total. The summed E-state index contributed by atoms with van der Waals surface area (Å²) in [7, 11) is 0. The molecule has 0 radical (unpaired) electrons. The fourth-order valence-corrected chi connectivity index (χ4v) is 3.10. The molecular weight excluding hydrogens is 348 g/mol. The first-order valence-electron chi connectivity index (χ1n) is 8.76. The number of hydrogen-bond donors (Lipinski definition) is 2. The standard InChI is InChI=1S/C21H21ClN2O2/c22-17-10-5-15(6-11-17)7-14-20(25)23-19-12-8-16(9-13-19)21(26)24-18-3-1-2-4-18/h5-14,18H,1-4H2,(H,23,25)(H,24,26)/b14-7+. The van der Waals surface area contributed by atoms with E-state index >= 15 is 0 Å². The summed E-state index contributed by atoms with van der Waals surface area (Å²) in [5, 5.41) is 6.49. The fourth-order valence-electron chi connectivity index (χ4n) is 2.97. The Morgan fingerprint density at radius 2 is 1.62 bits per heavy atom. The number of amides is 2. The van der Waals surface area contributed by atoms with Crippen molar-refractivity contribution in [2.45, 2.75) is 31.7 Å². The minimum atomic E-state index is -0.233. The van der Waals surface area contributed by atoms with Crippen LogP contribution < -0.4 is 10.6 Å². The van der Waals surface area contributed by atoms with Gasteiger partial charge < -0.3 is 10.6 Å². The molecule has 0 unspecified atom stereocenters. The van der Waals surface area contributed by atoms with Crippen molar-refractivity contribution in [2.75, 3.05) is 5.32 Å². The zero-order chi connectivity index (χ0) is 18.4. The lowest BCUT2D eigenvalue weighted by molar-refractivity contribution is -0.111. The average Bonchev–Trinajstić information content (AvgIpc) is 3.15. The number of benzene rings is 2. The van der Waals surface area contributed by atoms with Gasteiger partial charge in [0.2, 0.25) is 5.91 Å². The molecule has 0 saturated heterocycles. The van der Waals surface area contributed by atoms with E-state index < -0.39 is 0 Å². The summed E-state index contributed by atoms with van der Waals surface area (Å²) in [5.41, 5.74) is 2.14. The van der Waals surface area contributed by atoms with Crippen LogP contribution in [0.5, 0.6) is 0 Å². The Balaban J connectivity index is 1.53. The highest BCUT2D eigenvalue weighted by Gasteiger charge is 2.17. The number of halogens is 1. The van der Waals surface area contributed by atoms with E-state index in [1.807, 2.05) is 12.1 Å². The molecule has 2 amide bonds. The second-order valence-electron chi connectivity index (χ2n) is 6.41. The van der Waals surface area contributed by atoms with Crippen LogP contribution in [-0.2, 0) is 4.79 Å². The van der Waals surface area contributed by atoms with Crippen molar-refractivity contribution < 1.29 is 9.59 Å².